The van der Waals surface area contributed by atoms with Gasteiger partial charge in [0, 0.05) is 37.1 Å². The van der Waals surface area contributed by atoms with Gasteiger partial charge in [-0.3, -0.25) is 9.59 Å². The Morgan fingerprint density at radius 2 is 1.68 bits per heavy atom. The highest BCUT2D eigenvalue weighted by molar-refractivity contribution is 8.01. The van der Waals surface area contributed by atoms with E-state index in [1.165, 1.54) is 4.70 Å². The maximum atomic E-state index is 12.0. The van der Waals surface area contributed by atoms with E-state index in [1.54, 1.807) is 23.1 Å². The lowest BCUT2D eigenvalue weighted by Crippen LogP contribution is -2.31. The maximum absolute atomic E-state index is 12.0. The summed E-state index contributed by atoms with van der Waals surface area (Å²) >= 11 is 3.38. The number of aliphatic hydroxyl groups excluding tert-OH is 1. The number of thiazole rings is 1. The topological polar surface area (TPSA) is 118 Å². The third kappa shape index (κ3) is 8.15. The van der Waals surface area contributed by atoms with E-state index in [0.717, 1.165) is 37.9 Å². The monoisotopic (exact) mass is 592 g/mol. The summed E-state index contributed by atoms with van der Waals surface area (Å²) in [5.74, 6) is -0.336. The van der Waals surface area contributed by atoms with Crippen LogP contribution in [0.5, 0.6) is 0 Å². The molecule has 1 aromatic heterocycles. The van der Waals surface area contributed by atoms with Crippen molar-refractivity contribution < 1.29 is 29.3 Å². The SMILES string of the molecule is O=C(O)CCCC(=O)NCc1ccc([C@@H]2O[C@H](CSc3nc4ccccc4s3)C[C@H](c3ccc(CO)cc3)O2)cc1. The molecule has 5 rings (SSSR count). The molecule has 2 heterocycles. The Morgan fingerprint density at radius 1 is 0.951 bits per heavy atom. The molecule has 1 saturated heterocycles. The molecule has 3 aromatic carbocycles. The van der Waals surface area contributed by atoms with E-state index in [0.29, 0.717) is 19.4 Å². The van der Waals surface area contributed by atoms with E-state index < -0.39 is 12.3 Å². The Hall–Kier alpha value is -3.28. The number of carboxylic acid groups (broad SMARTS) is 1. The number of carbonyl (C=O) groups excluding carboxylic acids is 1. The lowest BCUT2D eigenvalue weighted by molar-refractivity contribution is -0.245. The number of nitrogens with one attached hydrogen (secondary N) is 1. The van der Waals surface area contributed by atoms with Crippen LogP contribution in [-0.2, 0) is 32.2 Å². The summed E-state index contributed by atoms with van der Waals surface area (Å²) in [6, 6.07) is 23.7. The summed E-state index contributed by atoms with van der Waals surface area (Å²) in [5.41, 5.74) is 4.70. The molecule has 4 aromatic rings. The Bertz CT molecular complexity index is 1420. The fourth-order valence-corrected chi connectivity index (χ4v) is 6.69. The van der Waals surface area contributed by atoms with Crippen molar-refractivity contribution >= 4 is 45.2 Å². The van der Waals surface area contributed by atoms with Crippen molar-refractivity contribution in [3.8, 4) is 0 Å². The van der Waals surface area contributed by atoms with Gasteiger partial charge in [-0.05, 0) is 35.2 Å². The van der Waals surface area contributed by atoms with Crippen LogP contribution in [0, 0.1) is 0 Å². The number of aliphatic carboxylic acids is 1. The summed E-state index contributed by atoms with van der Waals surface area (Å²) in [6.45, 7) is 0.355. The summed E-state index contributed by atoms with van der Waals surface area (Å²) in [6.07, 6.45) is 0.371. The fourth-order valence-electron chi connectivity index (χ4n) is 4.58. The van der Waals surface area contributed by atoms with E-state index in [-0.39, 0.29) is 37.6 Å². The molecule has 0 radical (unpaired) electrons. The van der Waals surface area contributed by atoms with Gasteiger partial charge in [0.15, 0.2) is 10.6 Å². The van der Waals surface area contributed by atoms with Crippen LogP contribution >= 0.6 is 23.1 Å². The first kappa shape index (κ1) is 29.2. The summed E-state index contributed by atoms with van der Waals surface area (Å²) < 4.78 is 15.1. The van der Waals surface area contributed by atoms with Crippen LogP contribution in [0.1, 0.15) is 60.3 Å². The second-order valence-corrected chi connectivity index (χ2v) is 12.2. The molecule has 1 aliphatic rings. The van der Waals surface area contributed by atoms with Gasteiger partial charge in [0.25, 0.3) is 0 Å². The van der Waals surface area contributed by atoms with Gasteiger partial charge in [0.05, 0.1) is 29.0 Å². The quantitative estimate of drug-likeness (QED) is 0.172. The summed E-state index contributed by atoms with van der Waals surface area (Å²) in [7, 11) is 0. The molecular weight excluding hydrogens is 560 g/mol. The highest BCUT2D eigenvalue weighted by Gasteiger charge is 2.32. The molecule has 0 spiro atoms. The number of carboxylic acids is 1. The Balaban J connectivity index is 1.24. The first-order chi connectivity index (χ1) is 20.0. The predicted molar refractivity (Wildman–Crippen MR) is 159 cm³/mol. The number of thioether (sulfide) groups is 1. The first-order valence-electron chi connectivity index (χ1n) is 13.5. The number of aliphatic hydroxyl groups is 1. The molecule has 3 N–H and O–H groups in total. The largest absolute Gasteiger partial charge is 0.481 e. The Morgan fingerprint density at radius 3 is 2.41 bits per heavy atom. The van der Waals surface area contributed by atoms with Crippen molar-refractivity contribution in [2.24, 2.45) is 0 Å². The normalized spacial score (nSPS) is 18.8. The van der Waals surface area contributed by atoms with E-state index >= 15 is 0 Å². The number of fused-ring (bicyclic) bond motifs is 1. The van der Waals surface area contributed by atoms with Gasteiger partial charge in [0.1, 0.15) is 0 Å². The molecule has 0 saturated carbocycles. The number of rotatable bonds is 12. The number of carbonyl (C=O) groups is 2. The average molecular weight is 593 g/mol. The Labute approximate surface area is 246 Å². The number of para-hydroxylation sites is 1. The maximum Gasteiger partial charge on any atom is 0.303 e. The molecule has 1 amide bonds. The number of hydrogen-bond donors (Lipinski definition) is 3. The van der Waals surface area contributed by atoms with Crippen LogP contribution in [0.2, 0.25) is 0 Å². The Kier molecular flexibility index (Phi) is 10.0. The second-order valence-electron chi connectivity index (χ2n) is 9.87. The van der Waals surface area contributed by atoms with Gasteiger partial charge < -0.3 is 25.0 Å². The van der Waals surface area contributed by atoms with Crippen LogP contribution < -0.4 is 5.32 Å². The molecular formula is C31H32N2O6S2. The van der Waals surface area contributed by atoms with Crippen LogP contribution in [0.3, 0.4) is 0 Å². The molecule has 8 nitrogen and oxygen atoms in total. The molecule has 41 heavy (non-hydrogen) atoms. The van der Waals surface area contributed by atoms with Gasteiger partial charge in [-0.25, -0.2) is 4.98 Å². The number of hydrogen-bond acceptors (Lipinski definition) is 8. The number of benzene rings is 3. The predicted octanol–water partition coefficient (Wildman–Crippen LogP) is 6.00. The van der Waals surface area contributed by atoms with Crippen molar-refractivity contribution in [2.75, 3.05) is 5.75 Å². The van der Waals surface area contributed by atoms with Crippen LogP contribution in [0.15, 0.2) is 77.1 Å². The van der Waals surface area contributed by atoms with Crippen molar-refractivity contribution in [3.05, 3.63) is 95.1 Å². The number of aromatic nitrogens is 1. The van der Waals surface area contributed by atoms with Gasteiger partial charge >= 0.3 is 5.97 Å². The minimum atomic E-state index is -0.900. The molecule has 3 atom stereocenters. The molecule has 10 heteroatoms. The molecule has 0 bridgehead atoms. The highest BCUT2D eigenvalue weighted by atomic mass is 32.2. The van der Waals surface area contributed by atoms with Crippen LogP contribution in [0.4, 0.5) is 0 Å². The summed E-state index contributed by atoms with van der Waals surface area (Å²) in [5, 5.41) is 21.0. The minimum absolute atomic E-state index is 0.00584. The smallest absolute Gasteiger partial charge is 0.303 e. The molecule has 1 fully saturated rings. The standard InChI is InChI=1S/C31H32N2O6S2/c34-18-21-10-12-22(13-11-21)26-16-24(19-40-31-33-25-4-1-2-5-27(25)41-31)38-30(39-26)23-14-8-20(9-15-23)17-32-28(35)6-3-7-29(36)37/h1-2,4-5,8-15,24,26,30,34H,3,6-7,16-19H2,(H,32,35)(H,36,37)/t24-,26+,30+/m0/s1. The lowest BCUT2D eigenvalue weighted by Gasteiger charge is -2.36. The third-order valence-electron chi connectivity index (χ3n) is 6.82. The van der Waals surface area contributed by atoms with Gasteiger partial charge in [-0.1, -0.05) is 72.4 Å². The molecule has 0 unspecified atom stereocenters. The zero-order chi connectivity index (χ0) is 28.6. The van der Waals surface area contributed by atoms with Crippen LogP contribution in [-0.4, -0.2) is 38.9 Å². The zero-order valence-corrected chi connectivity index (χ0v) is 24.0. The van der Waals surface area contributed by atoms with Crippen molar-refractivity contribution in [1.82, 2.24) is 10.3 Å². The number of nitrogens with zero attached hydrogens (tertiary/aromatic N) is 1. The molecule has 0 aliphatic carbocycles. The molecule has 1 aliphatic heterocycles. The van der Waals surface area contributed by atoms with Crippen molar-refractivity contribution in [3.63, 3.8) is 0 Å². The first-order valence-corrected chi connectivity index (χ1v) is 15.3. The van der Waals surface area contributed by atoms with Crippen LogP contribution in [0.25, 0.3) is 10.2 Å². The van der Waals surface area contributed by atoms with E-state index in [2.05, 4.69) is 11.4 Å². The van der Waals surface area contributed by atoms with Crippen molar-refractivity contribution in [1.29, 1.82) is 0 Å². The molecule has 214 valence electrons. The number of amides is 1. The van der Waals surface area contributed by atoms with E-state index in [9.17, 15) is 14.7 Å². The summed E-state index contributed by atoms with van der Waals surface area (Å²) in [4.78, 5) is 27.4. The second kappa shape index (κ2) is 14.1. The average Bonchev–Trinajstić information content (AvgIpc) is 3.42. The van der Waals surface area contributed by atoms with E-state index in [4.69, 9.17) is 19.6 Å². The third-order valence-corrected chi connectivity index (χ3v) is 9.13. The van der Waals surface area contributed by atoms with Gasteiger partial charge in [-0.15, -0.1) is 11.3 Å². The van der Waals surface area contributed by atoms with E-state index in [1.807, 2.05) is 66.7 Å². The van der Waals surface area contributed by atoms with Crippen molar-refractivity contribution in [2.45, 2.75) is 61.7 Å². The fraction of sp³-hybridized carbons (Fsp3) is 0.323. The minimum Gasteiger partial charge on any atom is -0.481 e. The van der Waals surface area contributed by atoms with Gasteiger partial charge in [-0.2, -0.15) is 0 Å². The van der Waals surface area contributed by atoms with Gasteiger partial charge in [0.2, 0.25) is 5.91 Å². The zero-order valence-electron chi connectivity index (χ0n) is 22.4. The lowest BCUT2D eigenvalue weighted by atomic mass is 10.0. The number of ether oxygens (including phenoxy) is 2. The highest BCUT2D eigenvalue weighted by Crippen LogP contribution is 2.40.